The van der Waals surface area contributed by atoms with E-state index in [1.54, 1.807) is 24.4 Å². The molecule has 6 heteroatoms. The number of carbonyl (C=O) groups excluding carboxylic acids is 3. The van der Waals surface area contributed by atoms with Crippen LogP contribution in [0.3, 0.4) is 0 Å². The van der Waals surface area contributed by atoms with E-state index in [4.69, 9.17) is 0 Å². The Balaban J connectivity index is 1.61. The van der Waals surface area contributed by atoms with Gasteiger partial charge >= 0.3 is 0 Å². The third-order valence-corrected chi connectivity index (χ3v) is 4.77. The summed E-state index contributed by atoms with van der Waals surface area (Å²) in [6, 6.07) is 16.9. The molecule has 2 aromatic carbocycles. The zero-order chi connectivity index (χ0) is 19.7. The number of rotatable bonds is 4. The molecule has 1 N–H and O–H groups in total. The Morgan fingerprint density at radius 3 is 2.43 bits per heavy atom. The Hall–Kier alpha value is -3.80. The van der Waals surface area contributed by atoms with Crippen LogP contribution < -0.4 is 5.32 Å². The first kappa shape index (κ1) is 17.6. The maximum atomic E-state index is 12.9. The monoisotopic (exact) mass is 371 g/mol. The van der Waals surface area contributed by atoms with Gasteiger partial charge in [-0.2, -0.15) is 0 Å². The van der Waals surface area contributed by atoms with Gasteiger partial charge in [-0.05, 0) is 42.8 Å². The van der Waals surface area contributed by atoms with Crippen molar-refractivity contribution in [1.82, 2.24) is 9.88 Å². The fourth-order valence-corrected chi connectivity index (χ4v) is 3.27. The zero-order valence-corrected chi connectivity index (χ0v) is 15.1. The van der Waals surface area contributed by atoms with E-state index in [9.17, 15) is 14.4 Å². The SMILES string of the molecule is C[C@H](c1ccccc1)N1C(=O)c2ccc(C(=O)Nc3cccnc3)cc2C1=O. The summed E-state index contributed by atoms with van der Waals surface area (Å²) in [5.41, 5.74) is 2.27. The van der Waals surface area contributed by atoms with Gasteiger partial charge in [0.15, 0.2) is 0 Å². The Kier molecular flexibility index (Phi) is 4.45. The van der Waals surface area contributed by atoms with Crippen molar-refractivity contribution >= 4 is 23.4 Å². The smallest absolute Gasteiger partial charge is 0.262 e. The van der Waals surface area contributed by atoms with Crippen molar-refractivity contribution in [2.75, 3.05) is 5.32 Å². The predicted octanol–water partition coefficient (Wildman–Crippen LogP) is 3.69. The van der Waals surface area contributed by atoms with Gasteiger partial charge in [-0.25, -0.2) is 0 Å². The summed E-state index contributed by atoms with van der Waals surface area (Å²) in [6.07, 6.45) is 3.14. The number of pyridine rings is 1. The molecular weight excluding hydrogens is 354 g/mol. The molecule has 3 amide bonds. The molecular formula is C22H17N3O3. The van der Waals surface area contributed by atoms with E-state index < -0.39 is 11.9 Å². The van der Waals surface area contributed by atoms with Crippen molar-refractivity contribution < 1.29 is 14.4 Å². The number of benzene rings is 2. The number of imide groups is 1. The van der Waals surface area contributed by atoms with Gasteiger partial charge in [0.2, 0.25) is 0 Å². The lowest BCUT2D eigenvalue weighted by Crippen LogP contribution is -2.32. The standard InChI is InChI=1S/C22H17N3O3/c1-14(15-6-3-2-4-7-15)25-21(27)18-10-9-16(12-19(18)22(25)28)20(26)24-17-8-5-11-23-13-17/h2-14H,1H3,(H,24,26)/t14-/m1/s1. The average molecular weight is 371 g/mol. The Morgan fingerprint density at radius 1 is 0.964 bits per heavy atom. The molecule has 0 radical (unpaired) electrons. The van der Waals surface area contributed by atoms with Gasteiger partial charge in [-0.3, -0.25) is 24.3 Å². The third-order valence-electron chi connectivity index (χ3n) is 4.77. The summed E-state index contributed by atoms with van der Waals surface area (Å²) in [6.45, 7) is 1.81. The van der Waals surface area contributed by atoms with Crippen molar-refractivity contribution in [3.05, 3.63) is 95.3 Å². The fraction of sp³-hybridized carbons (Fsp3) is 0.0909. The van der Waals surface area contributed by atoms with E-state index >= 15 is 0 Å². The van der Waals surface area contributed by atoms with Crippen LogP contribution in [0.15, 0.2) is 73.1 Å². The number of nitrogens with one attached hydrogen (secondary N) is 1. The lowest BCUT2D eigenvalue weighted by atomic mass is 10.1. The van der Waals surface area contributed by atoms with Crippen LogP contribution in [0, 0.1) is 0 Å². The minimum absolute atomic E-state index is 0.242. The van der Waals surface area contributed by atoms with Crippen molar-refractivity contribution in [1.29, 1.82) is 0 Å². The zero-order valence-electron chi connectivity index (χ0n) is 15.1. The molecule has 1 aliphatic rings. The molecule has 138 valence electrons. The highest BCUT2D eigenvalue weighted by atomic mass is 16.2. The molecule has 0 fully saturated rings. The number of carbonyl (C=O) groups is 3. The van der Waals surface area contributed by atoms with Crippen molar-refractivity contribution in [2.45, 2.75) is 13.0 Å². The van der Waals surface area contributed by atoms with Crippen molar-refractivity contribution in [2.24, 2.45) is 0 Å². The van der Waals surface area contributed by atoms with Crippen molar-refractivity contribution in [3.63, 3.8) is 0 Å². The number of amides is 3. The molecule has 0 bridgehead atoms. The molecule has 4 rings (SSSR count). The van der Waals surface area contributed by atoms with E-state index in [0.717, 1.165) is 5.56 Å². The van der Waals surface area contributed by atoms with Gasteiger partial charge in [-0.15, -0.1) is 0 Å². The highest BCUT2D eigenvalue weighted by molar-refractivity contribution is 6.22. The number of aromatic nitrogens is 1. The molecule has 28 heavy (non-hydrogen) atoms. The second kappa shape index (κ2) is 7.08. The summed E-state index contributed by atoms with van der Waals surface area (Å²) in [5.74, 6) is -1.12. The van der Waals surface area contributed by atoms with Crippen LogP contribution in [-0.2, 0) is 0 Å². The first-order valence-corrected chi connectivity index (χ1v) is 8.84. The van der Waals surface area contributed by atoms with E-state index in [2.05, 4.69) is 10.3 Å². The summed E-state index contributed by atoms with van der Waals surface area (Å²) < 4.78 is 0. The minimum Gasteiger partial charge on any atom is -0.321 e. The molecule has 6 nitrogen and oxygen atoms in total. The largest absolute Gasteiger partial charge is 0.321 e. The lowest BCUT2D eigenvalue weighted by molar-refractivity contribution is 0.0595. The first-order chi connectivity index (χ1) is 13.6. The summed E-state index contributed by atoms with van der Waals surface area (Å²) >= 11 is 0. The molecule has 3 aromatic rings. The Labute approximate surface area is 161 Å². The highest BCUT2D eigenvalue weighted by Gasteiger charge is 2.39. The molecule has 1 aromatic heterocycles. The number of anilines is 1. The topological polar surface area (TPSA) is 79.4 Å². The minimum atomic E-state index is -0.402. The van der Waals surface area contributed by atoms with Crippen LogP contribution in [-0.4, -0.2) is 27.6 Å². The molecule has 0 unspecified atom stereocenters. The van der Waals surface area contributed by atoms with E-state index in [-0.39, 0.29) is 17.4 Å². The van der Waals surface area contributed by atoms with E-state index in [0.29, 0.717) is 16.8 Å². The lowest BCUT2D eigenvalue weighted by Gasteiger charge is -2.22. The summed E-state index contributed by atoms with van der Waals surface area (Å²) in [7, 11) is 0. The quantitative estimate of drug-likeness (QED) is 0.710. The molecule has 0 aliphatic carbocycles. The number of hydrogen-bond donors (Lipinski definition) is 1. The van der Waals surface area contributed by atoms with E-state index in [1.807, 2.05) is 37.3 Å². The Bertz CT molecular complexity index is 1060. The van der Waals surface area contributed by atoms with Crippen LogP contribution in [0.2, 0.25) is 0 Å². The number of fused-ring (bicyclic) bond motifs is 1. The van der Waals surface area contributed by atoms with Gasteiger partial charge in [0.1, 0.15) is 0 Å². The van der Waals surface area contributed by atoms with Gasteiger partial charge in [0, 0.05) is 11.8 Å². The number of nitrogens with zero attached hydrogens (tertiary/aromatic N) is 2. The normalized spacial score (nSPS) is 14.0. The predicted molar refractivity (Wildman–Crippen MR) is 104 cm³/mol. The van der Waals surface area contributed by atoms with Crippen LogP contribution in [0.5, 0.6) is 0 Å². The van der Waals surface area contributed by atoms with Crippen LogP contribution in [0.4, 0.5) is 5.69 Å². The van der Waals surface area contributed by atoms with Gasteiger partial charge in [-0.1, -0.05) is 30.3 Å². The van der Waals surface area contributed by atoms with Crippen LogP contribution in [0.1, 0.15) is 49.6 Å². The number of hydrogen-bond acceptors (Lipinski definition) is 4. The molecule has 0 saturated carbocycles. The molecule has 1 aliphatic heterocycles. The van der Waals surface area contributed by atoms with Crippen LogP contribution in [0.25, 0.3) is 0 Å². The van der Waals surface area contributed by atoms with Crippen LogP contribution >= 0.6 is 0 Å². The Morgan fingerprint density at radius 2 is 1.71 bits per heavy atom. The van der Waals surface area contributed by atoms with Crippen molar-refractivity contribution in [3.8, 4) is 0 Å². The maximum absolute atomic E-state index is 12.9. The molecule has 1 atom stereocenters. The second-order valence-electron chi connectivity index (χ2n) is 6.52. The summed E-state index contributed by atoms with van der Waals surface area (Å²) in [4.78, 5) is 43.4. The third kappa shape index (κ3) is 3.05. The summed E-state index contributed by atoms with van der Waals surface area (Å²) in [5, 5.41) is 2.72. The highest BCUT2D eigenvalue weighted by Crippen LogP contribution is 2.31. The molecule has 0 spiro atoms. The molecule has 2 heterocycles. The maximum Gasteiger partial charge on any atom is 0.262 e. The van der Waals surface area contributed by atoms with Gasteiger partial charge < -0.3 is 5.32 Å². The first-order valence-electron chi connectivity index (χ1n) is 8.84. The van der Waals surface area contributed by atoms with E-state index in [1.165, 1.54) is 23.2 Å². The fourth-order valence-electron chi connectivity index (χ4n) is 3.27. The second-order valence-corrected chi connectivity index (χ2v) is 6.52. The van der Waals surface area contributed by atoms with Gasteiger partial charge in [0.25, 0.3) is 17.7 Å². The van der Waals surface area contributed by atoms with Gasteiger partial charge in [0.05, 0.1) is 29.1 Å². The molecule has 0 saturated heterocycles. The average Bonchev–Trinajstić information content (AvgIpc) is 2.98.